The van der Waals surface area contributed by atoms with Crippen molar-refractivity contribution < 1.29 is 14.3 Å². The highest BCUT2D eigenvalue weighted by atomic mass is 16.5. The zero-order chi connectivity index (χ0) is 20.2. The second-order valence-corrected chi connectivity index (χ2v) is 7.33. The minimum absolute atomic E-state index is 0.0707. The number of carbonyl (C=O) groups is 1. The Kier molecular flexibility index (Phi) is 5.48. The number of benzene rings is 3. The summed E-state index contributed by atoms with van der Waals surface area (Å²) >= 11 is 0. The Morgan fingerprint density at radius 1 is 0.931 bits per heavy atom. The fourth-order valence-electron chi connectivity index (χ4n) is 3.83. The number of hydrogen-bond donors (Lipinski definition) is 0. The summed E-state index contributed by atoms with van der Waals surface area (Å²) in [5, 5.41) is 0. The van der Waals surface area contributed by atoms with Crippen LogP contribution in [0.4, 0.5) is 0 Å². The minimum Gasteiger partial charge on any atom is -0.496 e. The summed E-state index contributed by atoms with van der Waals surface area (Å²) in [5.41, 5.74) is 5.53. The summed E-state index contributed by atoms with van der Waals surface area (Å²) in [7, 11) is 1.72. The molecule has 0 fully saturated rings. The van der Waals surface area contributed by atoms with E-state index in [4.69, 9.17) is 9.47 Å². The first-order valence-corrected chi connectivity index (χ1v) is 9.86. The first-order valence-electron chi connectivity index (χ1n) is 9.86. The van der Waals surface area contributed by atoms with Gasteiger partial charge in [0, 0.05) is 18.1 Å². The lowest BCUT2D eigenvalue weighted by Gasteiger charge is -2.18. The van der Waals surface area contributed by atoms with Crippen LogP contribution in [0.15, 0.2) is 72.8 Å². The Balaban J connectivity index is 1.51. The van der Waals surface area contributed by atoms with Crippen LogP contribution in [-0.2, 0) is 24.1 Å². The van der Waals surface area contributed by atoms with E-state index < -0.39 is 0 Å². The van der Waals surface area contributed by atoms with Crippen molar-refractivity contribution in [3.63, 3.8) is 0 Å². The van der Waals surface area contributed by atoms with E-state index in [0.29, 0.717) is 12.2 Å². The third-order valence-electron chi connectivity index (χ3n) is 5.25. The highest BCUT2D eigenvalue weighted by molar-refractivity contribution is 6.00. The number of para-hydroxylation sites is 1. The quantitative estimate of drug-likeness (QED) is 0.576. The standard InChI is InChI=1S/C26H24O3/c1-18-7-5-10-20(26(18)28-2)14-13-19-8-6-11-23(15-19)29-25-17-22(27)16-21-9-3-4-12-24(21)25/h3-12,15,17H,13-14,16H2,1-2H3. The molecular weight excluding hydrogens is 360 g/mol. The van der Waals surface area contributed by atoms with Gasteiger partial charge in [0.25, 0.3) is 0 Å². The molecular formula is C26H24O3. The minimum atomic E-state index is 0.0707. The Bertz CT molecular complexity index is 1080. The van der Waals surface area contributed by atoms with E-state index in [1.54, 1.807) is 13.2 Å². The molecule has 3 heteroatoms. The normalized spacial score (nSPS) is 12.9. The number of aryl methyl sites for hydroxylation is 3. The number of allylic oxidation sites excluding steroid dienone is 1. The van der Waals surface area contributed by atoms with Crippen LogP contribution < -0.4 is 9.47 Å². The van der Waals surface area contributed by atoms with Crippen LogP contribution in [-0.4, -0.2) is 12.9 Å². The molecule has 0 aromatic heterocycles. The predicted octanol–water partition coefficient (Wildman–Crippen LogP) is 5.33. The first-order chi connectivity index (χ1) is 14.1. The summed E-state index contributed by atoms with van der Waals surface area (Å²) in [5.74, 6) is 2.40. The summed E-state index contributed by atoms with van der Waals surface area (Å²) in [6.07, 6.45) is 3.80. The van der Waals surface area contributed by atoms with Crippen molar-refractivity contribution in [1.82, 2.24) is 0 Å². The van der Waals surface area contributed by atoms with E-state index in [0.717, 1.165) is 41.0 Å². The second-order valence-electron chi connectivity index (χ2n) is 7.33. The molecule has 0 bridgehead atoms. The number of fused-ring (bicyclic) bond motifs is 1. The van der Waals surface area contributed by atoms with Crippen LogP contribution >= 0.6 is 0 Å². The molecule has 0 aliphatic heterocycles. The van der Waals surface area contributed by atoms with Gasteiger partial charge in [-0.1, -0.05) is 54.6 Å². The maximum Gasteiger partial charge on any atom is 0.163 e. The van der Waals surface area contributed by atoms with Crippen molar-refractivity contribution in [2.45, 2.75) is 26.2 Å². The predicted molar refractivity (Wildman–Crippen MR) is 115 cm³/mol. The van der Waals surface area contributed by atoms with Gasteiger partial charge in [-0.3, -0.25) is 4.79 Å². The maximum absolute atomic E-state index is 12.1. The van der Waals surface area contributed by atoms with Gasteiger partial charge in [-0.05, 0) is 54.2 Å². The van der Waals surface area contributed by atoms with Crippen molar-refractivity contribution in [1.29, 1.82) is 0 Å². The van der Waals surface area contributed by atoms with E-state index in [1.165, 1.54) is 11.1 Å². The van der Waals surface area contributed by atoms with Crippen molar-refractivity contribution in [3.8, 4) is 11.5 Å². The highest BCUT2D eigenvalue weighted by Crippen LogP contribution is 2.29. The average Bonchev–Trinajstić information content (AvgIpc) is 2.72. The highest BCUT2D eigenvalue weighted by Gasteiger charge is 2.18. The molecule has 0 atom stereocenters. The van der Waals surface area contributed by atoms with Gasteiger partial charge in [0.05, 0.1) is 7.11 Å². The van der Waals surface area contributed by atoms with Crippen molar-refractivity contribution in [2.75, 3.05) is 7.11 Å². The molecule has 0 radical (unpaired) electrons. The van der Waals surface area contributed by atoms with Crippen molar-refractivity contribution in [3.05, 3.63) is 101 Å². The molecule has 3 aromatic carbocycles. The summed E-state index contributed by atoms with van der Waals surface area (Å²) in [6, 6.07) is 22.2. The fraction of sp³-hybridized carbons (Fsp3) is 0.192. The lowest BCUT2D eigenvalue weighted by Crippen LogP contribution is -2.12. The molecule has 1 aliphatic rings. The Labute approximate surface area is 171 Å². The lowest BCUT2D eigenvalue weighted by atomic mass is 9.95. The summed E-state index contributed by atoms with van der Waals surface area (Å²) in [4.78, 5) is 12.1. The smallest absolute Gasteiger partial charge is 0.163 e. The van der Waals surface area contributed by atoms with Gasteiger partial charge in [-0.25, -0.2) is 0 Å². The third-order valence-corrected chi connectivity index (χ3v) is 5.25. The molecule has 146 valence electrons. The molecule has 0 saturated carbocycles. The summed E-state index contributed by atoms with van der Waals surface area (Å²) in [6.45, 7) is 2.06. The number of ketones is 1. The average molecular weight is 384 g/mol. The van der Waals surface area contributed by atoms with Crippen LogP contribution in [0.25, 0.3) is 5.76 Å². The molecule has 3 nitrogen and oxygen atoms in total. The Morgan fingerprint density at radius 2 is 1.76 bits per heavy atom. The van der Waals surface area contributed by atoms with Gasteiger partial charge < -0.3 is 9.47 Å². The van der Waals surface area contributed by atoms with E-state index in [-0.39, 0.29) is 5.78 Å². The molecule has 29 heavy (non-hydrogen) atoms. The zero-order valence-electron chi connectivity index (χ0n) is 16.8. The number of carbonyl (C=O) groups excluding carboxylic acids is 1. The van der Waals surface area contributed by atoms with Crippen LogP contribution in [0.5, 0.6) is 11.5 Å². The monoisotopic (exact) mass is 384 g/mol. The maximum atomic E-state index is 12.1. The Hall–Kier alpha value is -3.33. The molecule has 0 amide bonds. The van der Waals surface area contributed by atoms with Crippen LogP contribution in [0, 0.1) is 6.92 Å². The molecule has 4 rings (SSSR count). The van der Waals surface area contributed by atoms with Crippen LogP contribution in [0.1, 0.15) is 27.8 Å². The number of rotatable bonds is 6. The summed E-state index contributed by atoms with van der Waals surface area (Å²) < 4.78 is 11.7. The van der Waals surface area contributed by atoms with Gasteiger partial charge in [0.15, 0.2) is 5.78 Å². The van der Waals surface area contributed by atoms with E-state index in [9.17, 15) is 4.79 Å². The van der Waals surface area contributed by atoms with Crippen LogP contribution in [0.2, 0.25) is 0 Å². The zero-order valence-corrected chi connectivity index (χ0v) is 16.8. The van der Waals surface area contributed by atoms with E-state index >= 15 is 0 Å². The van der Waals surface area contributed by atoms with Crippen molar-refractivity contribution >= 4 is 11.5 Å². The molecule has 1 aliphatic carbocycles. The first kappa shape index (κ1) is 19.0. The number of ether oxygens (including phenoxy) is 2. The molecule has 3 aromatic rings. The Morgan fingerprint density at radius 3 is 2.62 bits per heavy atom. The van der Waals surface area contributed by atoms with E-state index in [1.807, 2.05) is 42.5 Å². The lowest BCUT2D eigenvalue weighted by molar-refractivity contribution is -0.114. The number of hydrogen-bond acceptors (Lipinski definition) is 3. The van der Waals surface area contributed by atoms with Gasteiger partial charge in [0.1, 0.15) is 17.3 Å². The van der Waals surface area contributed by atoms with Gasteiger partial charge >= 0.3 is 0 Å². The molecule has 0 unspecified atom stereocenters. The van der Waals surface area contributed by atoms with Gasteiger partial charge in [0.2, 0.25) is 0 Å². The second kappa shape index (κ2) is 8.36. The molecule has 0 saturated heterocycles. The van der Waals surface area contributed by atoms with E-state index in [2.05, 4.69) is 31.2 Å². The number of methoxy groups -OCH3 is 1. The van der Waals surface area contributed by atoms with Gasteiger partial charge in [-0.2, -0.15) is 0 Å². The topological polar surface area (TPSA) is 35.5 Å². The third kappa shape index (κ3) is 4.24. The van der Waals surface area contributed by atoms with Crippen LogP contribution in [0.3, 0.4) is 0 Å². The van der Waals surface area contributed by atoms with Crippen molar-refractivity contribution in [2.24, 2.45) is 0 Å². The largest absolute Gasteiger partial charge is 0.496 e. The SMILES string of the molecule is COc1c(C)cccc1CCc1cccc(OC2=CC(=O)Cc3ccccc32)c1. The molecule has 0 heterocycles. The fourth-order valence-corrected chi connectivity index (χ4v) is 3.83. The van der Waals surface area contributed by atoms with Gasteiger partial charge in [-0.15, -0.1) is 0 Å². The molecule has 0 spiro atoms. The molecule has 0 N–H and O–H groups in total.